The van der Waals surface area contributed by atoms with Crippen LogP contribution in [-0.2, 0) is 6.61 Å². The smallest absolute Gasteiger partial charge is 0.134 e. The number of benzene rings is 2. The van der Waals surface area contributed by atoms with Crippen LogP contribution in [0.1, 0.15) is 11.1 Å². The Kier molecular flexibility index (Phi) is 3.72. The summed E-state index contributed by atoms with van der Waals surface area (Å²) in [5.74, 6) is -0.298. The van der Waals surface area contributed by atoms with Crippen molar-refractivity contribution in [3.8, 4) is 5.75 Å². The highest BCUT2D eigenvalue weighted by Gasteiger charge is 2.02. The Hall–Kier alpha value is -2.16. The third kappa shape index (κ3) is 2.94. The van der Waals surface area contributed by atoms with Gasteiger partial charge in [-0.1, -0.05) is 24.8 Å². The molecular formula is C15H12F2O. The van der Waals surface area contributed by atoms with E-state index < -0.39 is 0 Å². The van der Waals surface area contributed by atoms with E-state index in [-0.39, 0.29) is 18.2 Å². The Morgan fingerprint density at radius 3 is 2.61 bits per heavy atom. The standard InChI is InChI=1S/C15H12F2O/c1-2-12-6-7-14(9-15(12)17)18-10-11-4-3-5-13(16)8-11/h2-9H,1,10H2. The zero-order valence-corrected chi connectivity index (χ0v) is 9.70. The van der Waals surface area contributed by atoms with Crippen molar-refractivity contribution < 1.29 is 13.5 Å². The number of halogens is 2. The first-order valence-electron chi connectivity index (χ1n) is 5.48. The van der Waals surface area contributed by atoms with Crippen molar-refractivity contribution in [3.05, 3.63) is 71.8 Å². The summed E-state index contributed by atoms with van der Waals surface area (Å²) < 4.78 is 31.7. The molecule has 2 aromatic carbocycles. The van der Waals surface area contributed by atoms with E-state index in [0.717, 1.165) is 0 Å². The van der Waals surface area contributed by atoms with Crippen LogP contribution in [0.5, 0.6) is 5.75 Å². The lowest BCUT2D eigenvalue weighted by Gasteiger charge is -2.07. The molecular weight excluding hydrogens is 234 g/mol. The Balaban J connectivity index is 2.06. The number of hydrogen-bond donors (Lipinski definition) is 0. The Morgan fingerprint density at radius 1 is 1.11 bits per heavy atom. The molecule has 2 aromatic rings. The van der Waals surface area contributed by atoms with E-state index >= 15 is 0 Å². The lowest BCUT2D eigenvalue weighted by atomic mass is 10.2. The highest BCUT2D eigenvalue weighted by atomic mass is 19.1. The summed E-state index contributed by atoms with van der Waals surface area (Å²) in [6.45, 7) is 3.70. The van der Waals surface area contributed by atoms with Crippen molar-refractivity contribution in [1.82, 2.24) is 0 Å². The van der Waals surface area contributed by atoms with Crippen LogP contribution in [0, 0.1) is 11.6 Å². The van der Waals surface area contributed by atoms with Gasteiger partial charge in [0.25, 0.3) is 0 Å². The van der Waals surface area contributed by atoms with Crippen LogP contribution in [0.2, 0.25) is 0 Å². The van der Waals surface area contributed by atoms with E-state index in [4.69, 9.17) is 4.74 Å². The molecule has 0 aliphatic heterocycles. The number of hydrogen-bond acceptors (Lipinski definition) is 1. The quantitative estimate of drug-likeness (QED) is 0.786. The molecule has 2 rings (SSSR count). The minimum absolute atomic E-state index is 0.199. The molecule has 0 heterocycles. The lowest BCUT2D eigenvalue weighted by molar-refractivity contribution is 0.304. The van der Waals surface area contributed by atoms with Gasteiger partial charge in [0, 0.05) is 11.6 Å². The van der Waals surface area contributed by atoms with Gasteiger partial charge in [0.05, 0.1) is 0 Å². The summed E-state index contributed by atoms with van der Waals surface area (Å²) in [7, 11) is 0. The second-order valence-corrected chi connectivity index (χ2v) is 3.81. The third-order valence-corrected chi connectivity index (χ3v) is 2.49. The van der Waals surface area contributed by atoms with Crippen LogP contribution in [0.4, 0.5) is 8.78 Å². The van der Waals surface area contributed by atoms with Crippen LogP contribution in [0.3, 0.4) is 0 Å². The SMILES string of the molecule is C=Cc1ccc(OCc2cccc(F)c2)cc1F. The fourth-order valence-corrected chi connectivity index (χ4v) is 1.56. The monoisotopic (exact) mass is 246 g/mol. The molecule has 0 atom stereocenters. The van der Waals surface area contributed by atoms with Crippen molar-refractivity contribution >= 4 is 6.08 Å². The van der Waals surface area contributed by atoms with Crippen molar-refractivity contribution in [2.24, 2.45) is 0 Å². The summed E-state index contributed by atoms with van der Waals surface area (Å²) in [5, 5.41) is 0. The van der Waals surface area contributed by atoms with Crippen molar-refractivity contribution in [3.63, 3.8) is 0 Å². The molecule has 0 saturated carbocycles. The molecule has 18 heavy (non-hydrogen) atoms. The molecule has 0 spiro atoms. The minimum atomic E-state index is -0.387. The molecule has 0 aliphatic carbocycles. The van der Waals surface area contributed by atoms with Gasteiger partial charge in [-0.2, -0.15) is 0 Å². The normalized spacial score (nSPS) is 10.1. The summed E-state index contributed by atoms with van der Waals surface area (Å²) in [5.41, 5.74) is 1.12. The van der Waals surface area contributed by atoms with E-state index in [1.807, 2.05) is 0 Å². The molecule has 0 bridgehead atoms. The molecule has 0 aromatic heterocycles. The van der Waals surface area contributed by atoms with Crippen LogP contribution in [0.25, 0.3) is 6.08 Å². The van der Waals surface area contributed by atoms with E-state index in [2.05, 4.69) is 6.58 Å². The highest BCUT2D eigenvalue weighted by Crippen LogP contribution is 2.18. The third-order valence-electron chi connectivity index (χ3n) is 2.49. The Labute approximate surface area is 104 Å². The van der Waals surface area contributed by atoms with Gasteiger partial charge >= 0.3 is 0 Å². The summed E-state index contributed by atoms with van der Waals surface area (Å²) in [6.07, 6.45) is 1.44. The summed E-state index contributed by atoms with van der Waals surface area (Å²) >= 11 is 0. The van der Waals surface area contributed by atoms with Gasteiger partial charge in [-0.15, -0.1) is 0 Å². The van der Waals surface area contributed by atoms with Crippen LogP contribution in [-0.4, -0.2) is 0 Å². The molecule has 1 nitrogen and oxygen atoms in total. The molecule has 92 valence electrons. The van der Waals surface area contributed by atoms with Crippen molar-refractivity contribution in [2.75, 3.05) is 0 Å². The van der Waals surface area contributed by atoms with Crippen LogP contribution < -0.4 is 4.74 Å². The maximum atomic E-state index is 13.4. The zero-order valence-electron chi connectivity index (χ0n) is 9.70. The van der Waals surface area contributed by atoms with Gasteiger partial charge in [-0.25, -0.2) is 8.78 Å². The lowest BCUT2D eigenvalue weighted by Crippen LogP contribution is -1.96. The van der Waals surface area contributed by atoms with Gasteiger partial charge in [0.1, 0.15) is 24.0 Å². The predicted octanol–water partition coefficient (Wildman–Crippen LogP) is 4.19. The Morgan fingerprint density at radius 2 is 1.94 bits per heavy atom. The fraction of sp³-hybridized carbons (Fsp3) is 0.0667. The predicted molar refractivity (Wildman–Crippen MR) is 67.2 cm³/mol. The minimum Gasteiger partial charge on any atom is -0.489 e. The Bertz CT molecular complexity index is 564. The molecule has 0 saturated heterocycles. The fourth-order valence-electron chi connectivity index (χ4n) is 1.56. The molecule has 0 aliphatic rings. The van der Waals surface area contributed by atoms with Crippen molar-refractivity contribution in [2.45, 2.75) is 6.61 Å². The first kappa shape index (κ1) is 12.3. The summed E-state index contributed by atoms with van der Waals surface area (Å²) in [6, 6.07) is 10.6. The molecule has 0 radical (unpaired) electrons. The molecule has 0 fully saturated rings. The topological polar surface area (TPSA) is 9.23 Å². The van der Waals surface area contributed by atoms with E-state index in [0.29, 0.717) is 16.9 Å². The van der Waals surface area contributed by atoms with Crippen molar-refractivity contribution in [1.29, 1.82) is 0 Å². The van der Waals surface area contributed by atoms with E-state index in [9.17, 15) is 8.78 Å². The maximum absolute atomic E-state index is 13.4. The van der Waals surface area contributed by atoms with Gasteiger partial charge in [0.15, 0.2) is 0 Å². The number of rotatable bonds is 4. The van der Waals surface area contributed by atoms with Crippen LogP contribution in [0.15, 0.2) is 49.0 Å². The summed E-state index contributed by atoms with van der Waals surface area (Å²) in [4.78, 5) is 0. The van der Waals surface area contributed by atoms with Crippen LogP contribution >= 0.6 is 0 Å². The number of ether oxygens (including phenoxy) is 1. The zero-order chi connectivity index (χ0) is 13.0. The first-order chi connectivity index (χ1) is 8.69. The molecule has 0 unspecified atom stereocenters. The van der Waals surface area contributed by atoms with Gasteiger partial charge in [-0.3, -0.25) is 0 Å². The second kappa shape index (κ2) is 5.45. The largest absolute Gasteiger partial charge is 0.489 e. The molecule has 0 N–H and O–H groups in total. The second-order valence-electron chi connectivity index (χ2n) is 3.81. The molecule has 0 amide bonds. The highest BCUT2D eigenvalue weighted by molar-refractivity contribution is 5.49. The average Bonchev–Trinajstić information content (AvgIpc) is 2.37. The first-order valence-corrected chi connectivity index (χ1v) is 5.48. The maximum Gasteiger partial charge on any atom is 0.134 e. The average molecular weight is 246 g/mol. The van der Waals surface area contributed by atoms with E-state index in [1.54, 1.807) is 24.3 Å². The van der Waals surface area contributed by atoms with E-state index in [1.165, 1.54) is 24.3 Å². The van der Waals surface area contributed by atoms with Gasteiger partial charge in [0.2, 0.25) is 0 Å². The molecule has 3 heteroatoms. The van der Waals surface area contributed by atoms with Gasteiger partial charge in [-0.05, 0) is 29.8 Å². The van der Waals surface area contributed by atoms with Gasteiger partial charge < -0.3 is 4.74 Å².